The van der Waals surface area contributed by atoms with Crippen LogP contribution >= 0.6 is 0 Å². The fraction of sp³-hybridized carbons (Fsp3) is 0.533. The first-order chi connectivity index (χ1) is 8.77. The van der Waals surface area contributed by atoms with Gasteiger partial charge in [-0.15, -0.1) is 0 Å². The second-order valence-corrected chi connectivity index (χ2v) is 4.20. The van der Waals surface area contributed by atoms with E-state index >= 15 is 0 Å². The SMILES string of the molecule is C/C=C\C(C/C=C\C=C(/C)OC)=[N+]1CCOCC1. The normalized spacial score (nSPS) is 17.7. The van der Waals surface area contributed by atoms with Gasteiger partial charge in [0.2, 0.25) is 0 Å². The number of allylic oxidation sites excluding steroid dienone is 6. The van der Waals surface area contributed by atoms with Gasteiger partial charge in [-0.1, -0.05) is 18.2 Å². The molecule has 0 spiro atoms. The molecule has 0 unspecified atom stereocenters. The lowest BCUT2D eigenvalue weighted by Gasteiger charge is -2.12. The molecule has 1 fully saturated rings. The van der Waals surface area contributed by atoms with E-state index in [1.54, 1.807) is 7.11 Å². The van der Waals surface area contributed by atoms with E-state index in [9.17, 15) is 0 Å². The first-order valence-corrected chi connectivity index (χ1v) is 6.46. The van der Waals surface area contributed by atoms with E-state index in [-0.39, 0.29) is 0 Å². The van der Waals surface area contributed by atoms with Gasteiger partial charge in [-0.25, -0.2) is 4.58 Å². The van der Waals surface area contributed by atoms with Gasteiger partial charge in [0, 0.05) is 6.08 Å². The zero-order chi connectivity index (χ0) is 13.2. The van der Waals surface area contributed by atoms with Gasteiger partial charge < -0.3 is 9.47 Å². The molecule has 0 bridgehead atoms. The summed E-state index contributed by atoms with van der Waals surface area (Å²) < 4.78 is 12.8. The van der Waals surface area contributed by atoms with Crippen molar-refractivity contribution in [2.75, 3.05) is 33.4 Å². The third-order valence-corrected chi connectivity index (χ3v) is 2.89. The van der Waals surface area contributed by atoms with Crippen molar-refractivity contribution in [3.05, 3.63) is 36.1 Å². The van der Waals surface area contributed by atoms with Crippen LogP contribution in [-0.2, 0) is 9.47 Å². The topological polar surface area (TPSA) is 21.5 Å². The number of morpholine rings is 1. The summed E-state index contributed by atoms with van der Waals surface area (Å²) in [5, 5.41) is 0. The molecule has 1 aliphatic heterocycles. The highest BCUT2D eigenvalue weighted by Crippen LogP contribution is 1.99. The Morgan fingerprint density at radius 2 is 2.06 bits per heavy atom. The van der Waals surface area contributed by atoms with Crippen molar-refractivity contribution in [1.29, 1.82) is 0 Å². The van der Waals surface area contributed by atoms with E-state index in [0.717, 1.165) is 38.5 Å². The number of hydrogen-bond acceptors (Lipinski definition) is 2. The Balaban J connectivity index is 2.63. The van der Waals surface area contributed by atoms with Crippen LogP contribution in [0.4, 0.5) is 0 Å². The molecule has 0 amide bonds. The molecule has 18 heavy (non-hydrogen) atoms. The van der Waals surface area contributed by atoms with Crippen molar-refractivity contribution in [3.63, 3.8) is 0 Å². The zero-order valence-corrected chi connectivity index (χ0v) is 11.7. The zero-order valence-electron chi connectivity index (χ0n) is 11.7. The standard InChI is InChI=1S/C15H24NO2/c1-4-7-15(16-10-12-18-13-11-16)9-6-5-8-14(2)17-3/h4-8H,9-13H2,1-3H3/q+1/b6-5-,7-4-,14-8+. The molecule has 3 nitrogen and oxygen atoms in total. The van der Waals surface area contributed by atoms with Crippen LogP contribution in [0.25, 0.3) is 0 Å². The van der Waals surface area contributed by atoms with Crippen molar-refractivity contribution >= 4 is 5.71 Å². The van der Waals surface area contributed by atoms with E-state index in [0.29, 0.717) is 0 Å². The molecule has 0 aromatic carbocycles. The molecule has 0 saturated carbocycles. The molecule has 0 aliphatic carbocycles. The van der Waals surface area contributed by atoms with E-state index in [2.05, 4.69) is 29.7 Å². The number of nitrogens with zero attached hydrogens (tertiary/aromatic N) is 1. The highest BCUT2D eigenvalue weighted by molar-refractivity contribution is 5.91. The van der Waals surface area contributed by atoms with Crippen LogP contribution in [0.3, 0.4) is 0 Å². The summed E-state index contributed by atoms with van der Waals surface area (Å²) in [6, 6.07) is 0. The molecular formula is C15H24NO2+. The second-order valence-electron chi connectivity index (χ2n) is 4.20. The van der Waals surface area contributed by atoms with Gasteiger partial charge in [0.15, 0.2) is 18.8 Å². The van der Waals surface area contributed by atoms with E-state index in [1.165, 1.54) is 5.71 Å². The lowest BCUT2D eigenvalue weighted by atomic mass is 10.2. The fourth-order valence-corrected chi connectivity index (χ4v) is 1.81. The van der Waals surface area contributed by atoms with Crippen molar-refractivity contribution < 1.29 is 14.0 Å². The number of hydrogen-bond donors (Lipinski definition) is 0. The highest BCUT2D eigenvalue weighted by Gasteiger charge is 2.15. The molecule has 1 saturated heterocycles. The van der Waals surface area contributed by atoms with Gasteiger partial charge in [-0.2, -0.15) is 0 Å². The molecule has 100 valence electrons. The number of ether oxygens (including phenoxy) is 2. The smallest absolute Gasteiger partial charge is 0.179 e. The third-order valence-electron chi connectivity index (χ3n) is 2.89. The Bertz CT molecular complexity index is 357. The number of methoxy groups -OCH3 is 1. The summed E-state index contributed by atoms with van der Waals surface area (Å²) in [6.45, 7) is 7.63. The van der Waals surface area contributed by atoms with Gasteiger partial charge in [0.1, 0.15) is 13.2 Å². The largest absolute Gasteiger partial charge is 0.501 e. The highest BCUT2D eigenvalue weighted by atomic mass is 16.5. The van der Waals surface area contributed by atoms with E-state index in [1.807, 2.05) is 19.1 Å². The van der Waals surface area contributed by atoms with Gasteiger partial charge in [0.25, 0.3) is 0 Å². The summed E-state index contributed by atoms with van der Waals surface area (Å²) in [5.41, 5.74) is 1.35. The van der Waals surface area contributed by atoms with Crippen molar-refractivity contribution in [2.24, 2.45) is 0 Å². The first-order valence-electron chi connectivity index (χ1n) is 6.46. The van der Waals surface area contributed by atoms with Crippen LogP contribution in [0.1, 0.15) is 20.3 Å². The summed E-state index contributed by atoms with van der Waals surface area (Å²) in [5.74, 6) is 0.921. The predicted octanol–water partition coefficient (Wildman–Crippen LogP) is 2.54. The lowest BCUT2D eigenvalue weighted by molar-refractivity contribution is -0.549. The van der Waals surface area contributed by atoms with Gasteiger partial charge in [-0.05, 0) is 19.9 Å². The Kier molecular flexibility index (Phi) is 7.11. The predicted molar refractivity (Wildman–Crippen MR) is 75.2 cm³/mol. The minimum atomic E-state index is 0.827. The van der Waals surface area contributed by atoms with E-state index in [4.69, 9.17) is 9.47 Å². The molecule has 0 aromatic heterocycles. The van der Waals surface area contributed by atoms with E-state index < -0.39 is 0 Å². The Labute approximate surface area is 110 Å². The maximum Gasteiger partial charge on any atom is 0.179 e. The molecular weight excluding hydrogens is 226 g/mol. The molecule has 0 radical (unpaired) electrons. The average molecular weight is 250 g/mol. The maximum atomic E-state index is 5.38. The fourth-order valence-electron chi connectivity index (χ4n) is 1.81. The molecule has 0 aromatic rings. The summed E-state index contributed by atoms with van der Waals surface area (Å²) in [4.78, 5) is 0. The maximum absolute atomic E-state index is 5.38. The second kappa shape index (κ2) is 8.70. The summed E-state index contributed by atoms with van der Waals surface area (Å²) in [7, 11) is 1.69. The van der Waals surface area contributed by atoms with Crippen molar-refractivity contribution in [3.8, 4) is 0 Å². The molecule has 0 N–H and O–H groups in total. The number of rotatable bonds is 5. The van der Waals surface area contributed by atoms with Crippen LogP contribution in [0.5, 0.6) is 0 Å². The quantitative estimate of drug-likeness (QED) is 0.425. The molecule has 1 rings (SSSR count). The van der Waals surface area contributed by atoms with Crippen molar-refractivity contribution in [2.45, 2.75) is 20.3 Å². The minimum absolute atomic E-state index is 0.827. The lowest BCUT2D eigenvalue weighted by Crippen LogP contribution is -2.32. The molecule has 1 heterocycles. The minimum Gasteiger partial charge on any atom is -0.501 e. The van der Waals surface area contributed by atoms with Crippen LogP contribution in [-0.4, -0.2) is 43.7 Å². The first kappa shape index (κ1) is 14.7. The van der Waals surface area contributed by atoms with Gasteiger partial charge >= 0.3 is 0 Å². The van der Waals surface area contributed by atoms with Crippen LogP contribution in [0.15, 0.2) is 36.1 Å². The van der Waals surface area contributed by atoms with Gasteiger partial charge in [-0.3, -0.25) is 0 Å². The monoisotopic (exact) mass is 250 g/mol. The van der Waals surface area contributed by atoms with Crippen molar-refractivity contribution in [1.82, 2.24) is 0 Å². The molecule has 3 heteroatoms. The third kappa shape index (κ3) is 5.32. The summed E-state index contributed by atoms with van der Waals surface area (Å²) in [6.07, 6.45) is 11.4. The Hall–Kier alpha value is -1.35. The Morgan fingerprint density at radius 3 is 2.67 bits per heavy atom. The molecule has 1 aliphatic rings. The van der Waals surface area contributed by atoms with Crippen LogP contribution < -0.4 is 0 Å². The van der Waals surface area contributed by atoms with Crippen LogP contribution in [0, 0.1) is 0 Å². The van der Waals surface area contributed by atoms with Crippen LogP contribution in [0.2, 0.25) is 0 Å². The Morgan fingerprint density at radius 1 is 1.33 bits per heavy atom. The summed E-state index contributed by atoms with van der Waals surface area (Å²) >= 11 is 0. The van der Waals surface area contributed by atoms with Gasteiger partial charge in [0.05, 0.1) is 19.3 Å². The average Bonchev–Trinajstić information content (AvgIpc) is 2.43. The molecule has 0 atom stereocenters.